The van der Waals surface area contributed by atoms with Crippen molar-refractivity contribution in [2.24, 2.45) is 4.99 Å². The minimum atomic E-state index is 0. The zero-order valence-corrected chi connectivity index (χ0v) is 16.7. The van der Waals surface area contributed by atoms with Gasteiger partial charge in [0.25, 0.3) is 0 Å². The van der Waals surface area contributed by atoms with Gasteiger partial charge in [0.05, 0.1) is 26.5 Å². The Morgan fingerprint density at radius 3 is 2.67 bits per heavy atom. The fourth-order valence-corrected chi connectivity index (χ4v) is 2.26. The van der Waals surface area contributed by atoms with Gasteiger partial charge in [-0.05, 0) is 18.2 Å². The van der Waals surface area contributed by atoms with E-state index in [4.69, 9.17) is 9.47 Å². The van der Waals surface area contributed by atoms with Crippen molar-refractivity contribution in [1.82, 2.24) is 20.4 Å². The van der Waals surface area contributed by atoms with Crippen molar-refractivity contribution < 1.29 is 9.47 Å². The molecule has 0 amide bonds. The molecule has 0 radical (unpaired) electrons. The summed E-state index contributed by atoms with van der Waals surface area (Å²) in [6.07, 6.45) is 1.73. The average Bonchev–Trinajstić information content (AvgIpc) is 3.09. The van der Waals surface area contributed by atoms with E-state index < -0.39 is 0 Å². The summed E-state index contributed by atoms with van der Waals surface area (Å²) in [6, 6.07) is 7.72. The third kappa shape index (κ3) is 5.29. The molecule has 0 unspecified atom stereocenters. The first kappa shape index (κ1) is 20.1. The lowest BCUT2D eigenvalue weighted by Gasteiger charge is -2.23. The molecule has 1 aromatic carbocycles. The second kappa shape index (κ2) is 10.0. The van der Waals surface area contributed by atoms with Crippen LogP contribution in [-0.2, 0) is 13.1 Å². The monoisotopic (exact) mass is 445 g/mol. The van der Waals surface area contributed by atoms with E-state index in [-0.39, 0.29) is 24.0 Å². The Kier molecular flexibility index (Phi) is 8.37. The molecule has 0 aliphatic heterocycles. The maximum atomic E-state index is 5.44. The van der Waals surface area contributed by atoms with Gasteiger partial charge in [0.2, 0.25) is 0 Å². The van der Waals surface area contributed by atoms with Crippen molar-refractivity contribution in [2.45, 2.75) is 13.1 Å². The van der Waals surface area contributed by atoms with Gasteiger partial charge >= 0.3 is 0 Å². The van der Waals surface area contributed by atoms with Gasteiger partial charge in [0.15, 0.2) is 5.96 Å². The van der Waals surface area contributed by atoms with Gasteiger partial charge in [-0.15, -0.1) is 24.0 Å². The smallest absolute Gasteiger partial charge is 0.194 e. The quantitative estimate of drug-likeness (QED) is 0.406. The van der Waals surface area contributed by atoms with E-state index in [9.17, 15) is 0 Å². The minimum absolute atomic E-state index is 0. The van der Waals surface area contributed by atoms with E-state index in [1.807, 2.05) is 36.2 Å². The molecule has 8 heteroatoms. The predicted molar refractivity (Wildman–Crippen MR) is 105 cm³/mol. The van der Waals surface area contributed by atoms with E-state index in [1.165, 1.54) is 0 Å². The number of hydrogen-bond donors (Lipinski definition) is 2. The molecular formula is C16H24IN5O2. The van der Waals surface area contributed by atoms with E-state index in [1.54, 1.807) is 27.5 Å². The van der Waals surface area contributed by atoms with Crippen LogP contribution < -0.4 is 14.8 Å². The molecule has 0 saturated carbocycles. The number of methoxy groups -OCH3 is 2. The summed E-state index contributed by atoms with van der Waals surface area (Å²) in [5.74, 6) is 2.35. The number of nitrogens with zero attached hydrogens (tertiary/aromatic N) is 3. The third-order valence-electron chi connectivity index (χ3n) is 3.47. The largest absolute Gasteiger partial charge is 0.497 e. The first-order chi connectivity index (χ1) is 11.2. The number of H-pyrrole nitrogens is 1. The van der Waals surface area contributed by atoms with Gasteiger partial charge in [-0.2, -0.15) is 5.10 Å². The number of ether oxygens (including phenoxy) is 2. The zero-order valence-electron chi connectivity index (χ0n) is 14.4. The number of aliphatic imine (C=N–C) groups is 1. The number of aromatic nitrogens is 2. The topological polar surface area (TPSA) is 74.8 Å². The summed E-state index contributed by atoms with van der Waals surface area (Å²) in [5, 5.41) is 10.1. The van der Waals surface area contributed by atoms with Gasteiger partial charge in [-0.3, -0.25) is 10.1 Å². The van der Waals surface area contributed by atoms with Gasteiger partial charge in [-0.1, -0.05) is 0 Å². The summed E-state index contributed by atoms with van der Waals surface area (Å²) in [6.45, 7) is 1.30. The van der Waals surface area contributed by atoms with Crippen molar-refractivity contribution in [3.63, 3.8) is 0 Å². The van der Waals surface area contributed by atoms with E-state index in [2.05, 4.69) is 20.5 Å². The minimum Gasteiger partial charge on any atom is -0.497 e. The Hall–Kier alpha value is -1.97. The number of aromatic amines is 1. The van der Waals surface area contributed by atoms with Crippen LogP contribution in [-0.4, -0.2) is 49.4 Å². The molecule has 0 bridgehead atoms. The first-order valence-corrected chi connectivity index (χ1v) is 7.29. The Labute approximate surface area is 159 Å². The van der Waals surface area contributed by atoms with Crippen LogP contribution in [0.4, 0.5) is 0 Å². The molecule has 2 rings (SSSR count). The molecule has 0 spiro atoms. The predicted octanol–water partition coefficient (Wildman–Crippen LogP) is 2.25. The molecular weight excluding hydrogens is 421 g/mol. The summed E-state index contributed by atoms with van der Waals surface area (Å²) in [7, 11) is 7.04. The van der Waals surface area contributed by atoms with Crippen LogP contribution in [0, 0.1) is 0 Å². The third-order valence-corrected chi connectivity index (χ3v) is 3.47. The second-order valence-corrected chi connectivity index (χ2v) is 5.02. The highest BCUT2D eigenvalue weighted by Gasteiger charge is 2.11. The second-order valence-electron chi connectivity index (χ2n) is 5.02. The van der Waals surface area contributed by atoms with E-state index in [0.717, 1.165) is 28.7 Å². The fourth-order valence-electron chi connectivity index (χ4n) is 2.26. The number of nitrogens with one attached hydrogen (secondary N) is 2. The molecule has 0 aliphatic rings. The lowest BCUT2D eigenvalue weighted by molar-refractivity contribution is 0.382. The number of hydrogen-bond acceptors (Lipinski definition) is 4. The zero-order chi connectivity index (χ0) is 16.7. The molecule has 7 nitrogen and oxygen atoms in total. The maximum absolute atomic E-state index is 5.44. The number of benzene rings is 1. The first-order valence-electron chi connectivity index (χ1n) is 7.29. The standard InChI is InChI=1S/C16H23N5O2.HI/c1-17-16(18-10-13-7-8-19-20-13)21(2)11-12-5-6-14(22-3)9-15(12)23-4;/h5-9H,10-11H2,1-4H3,(H,17,18)(H,19,20);1H. The van der Waals surface area contributed by atoms with Crippen LogP contribution >= 0.6 is 24.0 Å². The van der Waals surface area contributed by atoms with E-state index >= 15 is 0 Å². The number of guanidine groups is 1. The average molecular weight is 445 g/mol. The van der Waals surface area contributed by atoms with Crippen LogP contribution in [0.5, 0.6) is 11.5 Å². The van der Waals surface area contributed by atoms with Crippen molar-refractivity contribution in [1.29, 1.82) is 0 Å². The Morgan fingerprint density at radius 2 is 2.08 bits per heavy atom. The summed E-state index contributed by atoms with van der Waals surface area (Å²) in [4.78, 5) is 6.33. The van der Waals surface area contributed by atoms with Gasteiger partial charge in [0, 0.05) is 38.5 Å². The van der Waals surface area contributed by atoms with Crippen LogP contribution in [0.2, 0.25) is 0 Å². The highest BCUT2D eigenvalue weighted by molar-refractivity contribution is 14.0. The van der Waals surface area contributed by atoms with Gasteiger partial charge < -0.3 is 19.7 Å². The molecule has 24 heavy (non-hydrogen) atoms. The fraction of sp³-hybridized carbons (Fsp3) is 0.375. The number of halogens is 1. The van der Waals surface area contributed by atoms with Gasteiger partial charge in [-0.25, -0.2) is 0 Å². The van der Waals surface area contributed by atoms with Crippen LogP contribution in [0.1, 0.15) is 11.3 Å². The van der Waals surface area contributed by atoms with Gasteiger partial charge in [0.1, 0.15) is 11.5 Å². The molecule has 0 fully saturated rings. The Bertz CT molecular complexity index is 646. The molecule has 0 saturated heterocycles. The van der Waals surface area contributed by atoms with Crippen LogP contribution in [0.25, 0.3) is 0 Å². The van der Waals surface area contributed by atoms with Crippen molar-refractivity contribution in [3.05, 3.63) is 41.7 Å². The van der Waals surface area contributed by atoms with Crippen molar-refractivity contribution >= 4 is 29.9 Å². The summed E-state index contributed by atoms with van der Waals surface area (Å²) < 4.78 is 10.7. The van der Waals surface area contributed by atoms with Crippen LogP contribution in [0.3, 0.4) is 0 Å². The Morgan fingerprint density at radius 1 is 1.29 bits per heavy atom. The highest BCUT2D eigenvalue weighted by Crippen LogP contribution is 2.25. The molecule has 0 atom stereocenters. The SMILES string of the molecule is CN=C(NCc1ccn[nH]1)N(C)Cc1ccc(OC)cc1OC.I. The van der Waals surface area contributed by atoms with Crippen molar-refractivity contribution in [2.75, 3.05) is 28.3 Å². The summed E-state index contributed by atoms with van der Waals surface area (Å²) in [5.41, 5.74) is 2.06. The van der Waals surface area contributed by atoms with E-state index in [0.29, 0.717) is 13.1 Å². The molecule has 132 valence electrons. The van der Waals surface area contributed by atoms with Crippen molar-refractivity contribution in [3.8, 4) is 11.5 Å². The molecule has 1 heterocycles. The number of rotatable bonds is 6. The lowest BCUT2D eigenvalue weighted by atomic mass is 10.2. The van der Waals surface area contributed by atoms with Crippen LogP contribution in [0.15, 0.2) is 35.5 Å². The summed E-state index contributed by atoms with van der Waals surface area (Å²) >= 11 is 0. The lowest BCUT2D eigenvalue weighted by Crippen LogP contribution is -2.38. The molecule has 0 aliphatic carbocycles. The molecule has 2 aromatic rings. The maximum Gasteiger partial charge on any atom is 0.194 e. The highest BCUT2D eigenvalue weighted by atomic mass is 127. The normalized spacial score (nSPS) is 10.8. The molecule has 1 aromatic heterocycles. The Balaban J connectivity index is 0.00000288. The molecule has 2 N–H and O–H groups in total.